The molecule has 2 amide bonds. The minimum Gasteiger partial charge on any atom is -0.493 e. The van der Waals surface area contributed by atoms with Crippen LogP contribution in [-0.4, -0.2) is 42.2 Å². The van der Waals surface area contributed by atoms with Gasteiger partial charge in [-0.3, -0.25) is 14.2 Å². The summed E-state index contributed by atoms with van der Waals surface area (Å²) in [6.45, 7) is 7.43. The van der Waals surface area contributed by atoms with E-state index in [1.807, 2.05) is 0 Å². The molecule has 7 nitrogen and oxygen atoms in total. The van der Waals surface area contributed by atoms with Crippen LogP contribution in [0.5, 0.6) is 0 Å². The molecule has 0 atom stereocenters. The van der Waals surface area contributed by atoms with E-state index in [1.165, 1.54) is 6.20 Å². The predicted octanol–water partition coefficient (Wildman–Crippen LogP) is 3.82. The predicted molar refractivity (Wildman–Crippen MR) is 97.0 cm³/mol. The number of carbonyl (C=O) groups excluding carboxylic acids is 2. The zero-order valence-corrected chi connectivity index (χ0v) is 16.3. The lowest BCUT2D eigenvalue weighted by molar-refractivity contribution is 0.0701. The van der Waals surface area contributed by atoms with Gasteiger partial charge in [0.2, 0.25) is 0 Å². The van der Waals surface area contributed by atoms with Crippen molar-refractivity contribution >= 4 is 19.4 Å². The Morgan fingerprint density at radius 1 is 1.08 bits per heavy atom. The van der Waals surface area contributed by atoms with Crippen LogP contribution in [-0.2, 0) is 18.3 Å². The first-order valence-corrected chi connectivity index (χ1v) is 10.3. The number of benzene rings is 1. The minimum atomic E-state index is -3.44. The van der Waals surface area contributed by atoms with Crippen molar-refractivity contribution in [3.05, 3.63) is 47.4 Å². The van der Waals surface area contributed by atoms with E-state index in [1.54, 1.807) is 52.0 Å². The van der Waals surface area contributed by atoms with Crippen LogP contribution in [0.2, 0.25) is 0 Å². The highest BCUT2D eigenvalue weighted by Crippen LogP contribution is 2.49. The first kappa shape index (κ1) is 20.4. The van der Waals surface area contributed by atoms with Crippen molar-refractivity contribution in [3.63, 3.8) is 0 Å². The zero-order valence-electron chi connectivity index (χ0n) is 15.4. The smallest absolute Gasteiger partial charge is 0.338 e. The molecule has 1 aromatic carbocycles. The normalized spacial score (nSPS) is 15.0. The van der Waals surface area contributed by atoms with Crippen LogP contribution in [0, 0.1) is 0 Å². The van der Waals surface area contributed by atoms with Crippen molar-refractivity contribution in [3.8, 4) is 0 Å². The second kappa shape index (κ2) is 8.62. The summed E-state index contributed by atoms with van der Waals surface area (Å²) in [6.07, 6.45) is 0.878. The maximum atomic E-state index is 12.8. The van der Waals surface area contributed by atoms with E-state index >= 15 is 0 Å². The Labute approximate surface area is 153 Å². The highest BCUT2D eigenvalue weighted by molar-refractivity contribution is 7.54. The summed E-state index contributed by atoms with van der Waals surface area (Å²) in [4.78, 5) is 26.0. The maximum absolute atomic E-state index is 12.8. The standard InChI is InChI=1S/C18H24NO6P/c1-5-23-26(22,24-6-2)12-14(25-13(3)4)11-19-17(20)15-9-7-8-10-16(15)18(19)21/h7-11,13H,5-6,12H2,1-4H3/b14-11-. The number of rotatable bonds is 9. The fraction of sp³-hybridized carbons (Fsp3) is 0.444. The van der Waals surface area contributed by atoms with Gasteiger partial charge in [0.25, 0.3) is 11.8 Å². The summed E-state index contributed by atoms with van der Waals surface area (Å²) in [6, 6.07) is 6.58. The average Bonchev–Trinajstić information content (AvgIpc) is 2.80. The third-order valence-corrected chi connectivity index (χ3v) is 5.49. The molecule has 1 aromatic rings. The Morgan fingerprint density at radius 2 is 1.58 bits per heavy atom. The van der Waals surface area contributed by atoms with Crippen molar-refractivity contribution in [2.45, 2.75) is 33.8 Å². The SMILES string of the molecule is CCOP(=O)(C/C(=C/N1C(=O)c2ccccc2C1=O)OC(C)C)OCC. The molecule has 0 aromatic heterocycles. The molecule has 8 heteroatoms. The number of nitrogens with zero attached hydrogens (tertiary/aromatic N) is 1. The second-order valence-corrected chi connectivity index (χ2v) is 7.95. The van der Waals surface area contributed by atoms with Crippen molar-refractivity contribution in [2.24, 2.45) is 0 Å². The first-order chi connectivity index (χ1) is 12.3. The third-order valence-electron chi connectivity index (χ3n) is 3.49. The van der Waals surface area contributed by atoms with E-state index in [0.29, 0.717) is 11.1 Å². The Balaban J connectivity index is 2.34. The van der Waals surface area contributed by atoms with Gasteiger partial charge >= 0.3 is 7.60 Å². The molecule has 1 aliphatic heterocycles. The lowest BCUT2D eigenvalue weighted by Gasteiger charge is -2.21. The molecule has 1 aliphatic rings. The molecule has 0 aliphatic carbocycles. The van der Waals surface area contributed by atoms with Crippen LogP contribution >= 0.6 is 7.60 Å². The molecule has 0 unspecified atom stereocenters. The van der Waals surface area contributed by atoms with Gasteiger partial charge in [0.05, 0.1) is 36.6 Å². The Bertz CT molecular complexity index is 713. The second-order valence-electron chi connectivity index (χ2n) is 5.89. The molecule has 0 bridgehead atoms. The van der Waals surface area contributed by atoms with E-state index in [9.17, 15) is 14.2 Å². The van der Waals surface area contributed by atoms with Gasteiger partial charge in [-0.2, -0.15) is 0 Å². The minimum absolute atomic E-state index is 0.166. The van der Waals surface area contributed by atoms with Gasteiger partial charge in [-0.15, -0.1) is 0 Å². The number of fused-ring (bicyclic) bond motifs is 1. The lowest BCUT2D eigenvalue weighted by atomic mass is 10.1. The summed E-state index contributed by atoms with van der Waals surface area (Å²) in [5.41, 5.74) is 0.658. The van der Waals surface area contributed by atoms with E-state index in [4.69, 9.17) is 13.8 Å². The maximum Gasteiger partial charge on any atom is 0.338 e. The highest BCUT2D eigenvalue weighted by Gasteiger charge is 2.36. The van der Waals surface area contributed by atoms with Crippen LogP contribution in [0.25, 0.3) is 0 Å². The molecular formula is C18H24NO6P. The van der Waals surface area contributed by atoms with Gasteiger partial charge in [-0.1, -0.05) is 12.1 Å². The Morgan fingerprint density at radius 3 is 2.00 bits per heavy atom. The van der Waals surface area contributed by atoms with Crippen molar-refractivity contribution in [2.75, 3.05) is 19.4 Å². The van der Waals surface area contributed by atoms with E-state index in [-0.39, 0.29) is 31.2 Å². The zero-order chi connectivity index (χ0) is 19.3. The highest BCUT2D eigenvalue weighted by atomic mass is 31.2. The van der Waals surface area contributed by atoms with Gasteiger partial charge in [-0.25, -0.2) is 4.90 Å². The van der Waals surface area contributed by atoms with Gasteiger partial charge in [-0.05, 0) is 39.8 Å². The van der Waals surface area contributed by atoms with Crippen LogP contribution in [0.1, 0.15) is 48.4 Å². The van der Waals surface area contributed by atoms with Crippen LogP contribution in [0.3, 0.4) is 0 Å². The van der Waals surface area contributed by atoms with E-state index in [2.05, 4.69) is 0 Å². The summed E-state index contributed by atoms with van der Waals surface area (Å²) in [5.74, 6) is -0.698. The Hall–Kier alpha value is -1.95. The fourth-order valence-electron chi connectivity index (χ4n) is 2.59. The molecule has 0 radical (unpaired) electrons. The largest absolute Gasteiger partial charge is 0.493 e. The lowest BCUT2D eigenvalue weighted by Crippen LogP contribution is -2.25. The van der Waals surface area contributed by atoms with Gasteiger partial charge < -0.3 is 13.8 Å². The van der Waals surface area contributed by atoms with Crippen LogP contribution in [0.4, 0.5) is 0 Å². The molecular weight excluding hydrogens is 357 g/mol. The third kappa shape index (κ3) is 4.61. The number of imide groups is 1. The number of allylic oxidation sites excluding steroid dienone is 1. The molecule has 0 saturated carbocycles. The van der Waals surface area contributed by atoms with E-state index < -0.39 is 19.4 Å². The summed E-state index contributed by atoms with van der Waals surface area (Å²) in [7, 11) is -3.44. The molecule has 1 heterocycles. The number of carbonyl (C=O) groups is 2. The van der Waals surface area contributed by atoms with Crippen molar-refractivity contribution in [1.82, 2.24) is 4.90 Å². The van der Waals surface area contributed by atoms with Crippen LogP contribution in [0.15, 0.2) is 36.2 Å². The Kier molecular flexibility index (Phi) is 6.75. The molecule has 2 rings (SSSR count). The monoisotopic (exact) mass is 381 g/mol. The number of amides is 2. The topological polar surface area (TPSA) is 82.1 Å². The summed E-state index contributed by atoms with van der Waals surface area (Å²) in [5, 5.41) is 0. The molecule has 0 N–H and O–H groups in total. The number of hydrogen-bond acceptors (Lipinski definition) is 6. The number of hydrogen-bond donors (Lipinski definition) is 0. The molecule has 0 fully saturated rings. The quantitative estimate of drug-likeness (QED) is 0.367. The average molecular weight is 381 g/mol. The van der Waals surface area contributed by atoms with Crippen molar-refractivity contribution < 1.29 is 27.9 Å². The molecule has 0 saturated heterocycles. The van der Waals surface area contributed by atoms with Crippen molar-refractivity contribution in [1.29, 1.82) is 0 Å². The summed E-state index contributed by atoms with van der Waals surface area (Å²) >= 11 is 0. The molecule has 0 spiro atoms. The van der Waals surface area contributed by atoms with Gasteiger partial charge in [0.1, 0.15) is 11.9 Å². The van der Waals surface area contributed by atoms with E-state index in [0.717, 1.165) is 4.90 Å². The fourth-order valence-corrected chi connectivity index (χ4v) is 4.17. The van der Waals surface area contributed by atoms with Gasteiger partial charge in [0.15, 0.2) is 0 Å². The molecule has 142 valence electrons. The molecule has 26 heavy (non-hydrogen) atoms. The van der Waals surface area contributed by atoms with Gasteiger partial charge in [0, 0.05) is 0 Å². The first-order valence-electron chi connectivity index (χ1n) is 8.53. The van der Waals surface area contributed by atoms with Crippen LogP contribution < -0.4 is 0 Å². The number of ether oxygens (including phenoxy) is 1. The summed E-state index contributed by atoms with van der Waals surface area (Å²) < 4.78 is 29.1.